The zero-order chi connectivity index (χ0) is 10.6. The van der Waals surface area contributed by atoms with Crippen molar-refractivity contribution in [2.75, 3.05) is 5.32 Å². The van der Waals surface area contributed by atoms with Gasteiger partial charge in [0.25, 0.3) is 0 Å². The second-order valence-electron chi connectivity index (χ2n) is 2.78. The van der Waals surface area contributed by atoms with Gasteiger partial charge >= 0.3 is 0 Å². The van der Waals surface area contributed by atoms with E-state index in [1.165, 1.54) is 11.3 Å². The number of nitrogens with one attached hydrogen (secondary N) is 1. The summed E-state index contributed by atoms with van der Waals surface area (Å²) in [5, 5.41) is 16.6. The monoisotopic (exact) mass is 212 g/mol. The molecule has 1 unspecified atom stereocenters. The maximum Gasteiger partial charge on any atom is 0.233 e. The zero-order valence-electron chi connectivity index (χ0n) is 7.65. The van der Waals surface area contributed by atoms with E-state index in [-0.39, 0.29) is 6.42 Å². The largest absolute Gasteiger partial charge is 0.549 e. The number of carbonyl (C=O) groups is 2. The van der Waals surface area contributed by atoms with E-state index < -0.39 is 17.8 Å². The lowest BCUT2D eigenvalue weighted by Crippen LogP contribution is -2.38. The molecule has 1 atom stereocenters. The molecule has 1 aromatic heterocycles. The van der Waals surface area contributed by atoms with Crippen molar-refractivity contribution in [3.8, 4) is 0 Å². The Balaban J connectivity index is 2.61. The van der Waals surface area contributed by atoms with Crippen molar-refractivity contribution in [1.29, 1.82) is 0 Å². The fourth-order valence-corrected chi connectivity index (χ4v) is 1.61. The van der Waals surface area contributed by atoms with Crippen LogP contribution in [0.5, 0.6) is 0 Å². The lowest BCUT2D eigenvalue weighted by Gasteiger charge is -2.14. The Hall–Kier alpha value is -1.36. The molecule has 0 bridgehead atoms. The minimum atomic E-state index is -1.33. The highest BCUT2D eigenvalue weighted by Crippen LogP contribution is 2.13. The molecule has 0 spiro atoms. The van der Waals surface area contributed by atoms with Crippen LogP contribution in [0, 0.1) is 5.92 Å². The highest BCUT2D eigenvalue weighted by Gasteiger charge is 2.17. The molecular weight excluding hydrogens is 202 g/mol. The molecule has 0 fully saturated rings. The molecule has 0 radical (unpaired) electrons. The Kier molecular flexibility index (Phi) is 3.64. The van der Waals surface area contributed by atoms with Crippen molar-refractivity contribution in [1.82, 2.24) is 0 Å². The molecule has 76 valence electrons. The molecule has 1 N–H and O–H groups in total. The normalized spacial score (nSPS) is 12.1. The molecule has 4 nitrogen and oxygen atoms in total. The van der Waals surface area contributed by atoms with E-state index in [2.05, 4.69) is 5.32 Å². The van der Waals surface area contributed by atoms with Crippen LogP contribution in [0.15, 0.2) is 16.8 Å². The molecule has 5 heteroatoms. The van der Waals surface area contributed by atoms with Crippen molar-refractivity contribution in [3.63, 3.8) is 0 Å². The topological polar surface area (TPSA) is 69.2 Å². The predicted octanol–water partition coefficient (Wildman–Crippen LogP) is 0.463. The van der Waals surface area contributed by atoms with Gasteiger partial charge in [-0.25, -0.2) is 0 Å². The van der Waals surface area contributed by atoms with E-state index in [0.717, 1.165) is 0 Å². The van der Waals surface area contributed by atoms with E-state index in [4.69, 9.17) is 0 Å². The maximum atomic E-state index is 11.4. The number of carboxylic acids is 1. The Morgan fingerprint density at radius 2 is 2.36 bits per heavy atom. The van der Waals surface area contributed by atoms with Crippen LogP contribution in [0.25, 0.3) is 0 Å². The summed E-state index contributed by atoms with van der Waals surface area (Å²) < 4.78 is 0. The fraction of sp³-hybridized carbons (Fsp3) is 0.333. The van der Waals surface area contributed by atoms with Crippen molar-refractivity contribution in [2.45, 2.75) is 13.3 Å². The van der Waals surface area contributed by atoms with Gasteiger partial charge in [-0.05, 0) is 17.9 Å². The quantitative estimate of drug-likeness (QED) is 0.737. The van der Waals surface area contributed by atoms with Gasteiger partial charge in [-0.3, -0.25) is 4.79 Å². The third-order valence-electron chi connectivity index (χ3n) is 1.80. The minimum Gasteiger partial charge on any atom is -0.549 e. The Morgan fingerprint density at radius 3 is 2.79 bits per heavy atom. The van der Waals surface area contributed by atoms with Crippen molar-refractivity contribution in [2.24, 2.45) is 5.92 Å². The first-order chi connectivity index (χ1) is 6.65. The van der Waals surface area contributed by atoms with Crippen LogP contribution in [-0.4, -0.2) is 11.9 Å². The van der Waals surface area contributed by atoms with Gasteiger partial charge in [0.05, 0.1) is 17.6 Å². The van der Waals surface area contributed by atoms with Gasteiger partial charge in [-0.1, -0.05) is 6.92 Å². The van der Waals surface area contributed by atoms with E-state index in [1.807, 2.05) is 0 Å². The summed E-state index contributed by atoms with van der Waals surface area (Å²) >= 11 is 1.43. The lowest BCUT2D eigenvalue weighted by molar-refractivity contribution is -0.309. The molecule has 0 saturated carbocycles. The average Bonchev–Trinajstić information content (AvgIpc) is 2.57. The van der Waals surface area contributed by atoms with Gasteiger partial charge in [0.2, 0.25) is 5.91 Å². The van der Waals surface area contributed by atoms with Gasteiger partial charge in [0.1, 0.15) is 0 Å². The van der Waals surface area contributed by atoms with Crippen molar-refractivity contribution >= 4 is 28.9 Å². The summed E-state index contributed by atoms with van der Waals surface area (Å²) in [4.78, 5) is 21.9. The number of hydrogen-bond donors (Lipinski definition) is 1. The molecule has 0 aliphatic carbocycles. The summed E-state index contributed by atoms with van der Waals surface area (Å²) in [6.07, 6.45) is 0.234. The second-order valence-corrected chi connectivity index (χ2v) is 3.56. The lowest BCUT2D eigenvalue weighted by atomic mass is 10.1. The zero-order valence-corrected chi connectivity index (χ0v) is 8.47. The minimum absolute atomic E-state index is 0.234. The van der Waals surface area contributed by atoms with Crippen LogP contribution < -0.4 is 10.4 Å². The Labute approximate surface area is 85.6 Å². The fourth-order valence-electron chi connectivity index (χ4n) is 1.02. The Morgan fingerprint density at radius 1 is 1.64 bits per heavy atom. The predicted molar refractivity (Wildman–Crippen MR) is 51.7 cm³/mol. The summed E-state index contributed by atoms with van der Waals surface area (Å²) in [7, 11) is 0. The summed E-state index contributed by atoms with van der Waals surface area (Å²) in [5.74, 6) is -2.93. The standard InChI is InChI=1S/C9H11NO3S/c1-2-7(9(12)13)8(11)10-6-3-4-14-5-6/h3-5,7H,2H2,1H3,(H,10,11)(H,12,13)/p-1. The molecule has 14 heavy (non-hydrogen) atoms. The molecule has 0 aromatic carbocycles. The molecule has 0 saturated heterocycles. The van der Waals surface area contributed by atoms with Crippen LogP contribution in [0.1, 0.15) is 13.3 Å². The number of hydrogen-bond acceptors (Lipinski definition) is 4. The molecule has 1 amide bonds. The molecule has 1 aromatic rings. The first kappa shape index (κ1) is 10.7. The number of carboxylic acid groups (broad SMARTS) is 1. The number of anilines is 1. The summed E-state index contributed by atoms with van der Waals surface area (Å²) in [6.45, 7) is 1.63. The van der Waals surface area contributed by atoms with Gasteiger partial charge in [-0.2, -0.15) is 11.3 Å². The van der Waals surface area contributed by atoms with Crippen LogP contribution in [0.3, 0.4) is 0 Å². The van der Waals surface area contributed by atoms with Gasteiger partial charge in [0.15, 0.2) is 0 Å². The highest BCUT2D eigenvalue weighted by molar-refractivity contribution is 7.08. The first-order valence-electron chi connectivity index (χ1n) is 4.19. The van der Waals surface area contributed by atoms with Crippen LogP contribution in [0.2, 0.25) is 0 Å². The molecule has 0 aliphatic rings. The summed E-state index contributed by atoms with van der Waals surface area (Å²) in [5.41, 5.74) is 0.625. The van der Waals surface area contributed by atoms with E-state index in [0.29, 0.717) is 5.69 Å². The number of carbonyl (C=O) groups excluding carboxylic acids is 2. The molecule has 0 aliphatic heterocycles. The Bertz CT molecular complexity index is 321. The SMILES string of the molecule is CCC(C(=O)[O-])C(=O)Nc1ccsc1. The molecule has 1 heterocycles. The summed E-state index contributed by atoms with van der Waals surface area (Å²) in [6, 6.07) is 1.71. The van der Waals surface area contributed by atoms with Crippen LogP contribution in [-0.2, 0) is 9.59 Å². The first-order valence-corrected chi connectivity index (χ1v) is 5.13. The van der Waals surface area contributed by atoms with E-state index in [9.17, 15) is 14.7 Å². The van der Waals surface area contributed by atoms with Gasteiger partial charge < -0.3 is 15.2 Å². The average molecular weight is 212 g/mol. The van der Waals surface area contributed by atoms with Gasteiger partial charge in [-0.15, -0.1) is 0 Å². The number of thiophene rings is 1. The maximum absolute atomic E-state index is 11.4. The highest BCUT2D eigenvalue weighted by atomic mass is 32.1. The molecular formula is C9H10NO3S-. The second kappa shape index (κ2) is 4.76. The van der Waals surface area contributed by atoms with Gasteiger partial charge in [0, 0.05) is 5.38 Å². The smallest absolute Gasteiger partial charge is 0.233 e. The van der Waals surface area contributed by atoms with Crippen LogP contribution >= 0.6 is 11.3 Å². The number of amides is 1. The van der Waals surface area contributed by atoms with Crippen LogP contribution in [0.4, 0.5) is 5.69 Å². The van der Waals surface area contributed by atoms with E-state index >= 15 is 0 Å². The van der Waals surface area contributed by atoms with E-state index in [1.54, 1.807) is 23.8 Å². The van der Waals surface area contributed by atoms with Crippen molar-refractivity contribution in [3.05, 3.63) is 16.8 Å². The molecule has 1 rings (SSSR count). The van der Waals surface area contributed by atoms with Crippen molar-refractivity contribution < 1.29 is 14.7 Å². The third kappa shape index (κ3) is 2.56. The number of rotatable bonds is 4. The third-order valence-corrected chi connectivity index (χ3v) is 2.48. The number of aliphatic carboxylic acids is 1.